The molecule has 37 heavy (non-hydrogen) atoms. The second-order valence-corrected chi connectivity index (χ2v) is 9.01. The van der Waals surface area contributed by atoms with E-state index in [1.54, 1.807) is 36.4 Å². The van der Waals surface area contributed by atoms with Gasteiger partial charge in [0, 0.05) is 12.6 Å². The lowest BCUT2D eigenvalue weighted by atomic mass is 9.96. The van der Waals surface area contributed by atoms with Crippen molar-refractivity contribution in [2.24, 2.45) is 5.92 Å². The first kappa shape index (κ1) is 27.4. The van der Waals surface area contributed by atoms with Crippen LogP contribution in [0.1, 0.15) is 55.6 Å². The van der Waals surface area contributed by atoms with Crippen LogP contribution in [0.25, 0.3) is 0 Å². The number of nitrogens with zero attached hydrogens (tertiary/aromatic N) is 1. The van der Waals surface area contributed by atoms with Gasteiger partial charge in [-0.15, -0.1) is 0 Å². The molecule has 196 valence electrons. The summed E-state index contributed by atoms with van der Waals surface area (Å²) in [7, 11) is 1.27. The zero-order valence-corrected chi connectivity index (χ0v) is 21.4. The maximum Gasteiger partial charge on any atom is 0.307 e. The summed E-state index contributed by atoms with van der Waals surface area (Å²) in [5.41, 5.74) is 1.55. The van der Waals surface area contributed by atoms with Crippen LogP contribution in [0.5, 0.6) is 0 Å². The number of benzene rings is 2. The summed E-state index contributed by atoms with van der Waals surface area (Å²) in [6, 6.07) is 12.0. The van der Waals surface area contributed by atoms with Gasteiger partial charge >= 0.3 is 5.97 Å². The topological polar surface area (TPSA) is 134 Å². The van der Waals surface area contributed by atoms with Crippen molar-refractivity contribution in [1.29, 1.82) is 0 Å². The molecule has 0 saturated carbocycles. The molecular weight excluding hydrogens is 476 g/mol. The predicted molar refractivity (Wildman–Crippen MR) is 138 cm³/mol. The molecule has 3 N–H and O–H groups in total. The second kappa shape index (κ2) is 12.2. The fourth-order valence-electron chi connectivity index (χ4n) is 4.28. The van der Waals surface area contributed by atoms with E-state index in [9.17, 15) is 24.0 Å². The van der Waals surface area contributed by atoms with Crippen LogP contribution in [0.3, 0.4) is 0 Å². The second-order valence-electron chi connectivity index (χ2n) is 9.01. The Labute approximate surface area is 215 Å². The van der Waals surface area contributed by atoms with Crippen molar-refractivity contribution in [3.63, 3.8) is 0 Å². The Morgan fingerprint density at radius 1 is 1.11 bits per heavy atom. The van der Waals surface area contributed by atoms with Crippen molar-refractivity contribution in [1.82, 2.24) is 10.2 Å². The lowest BCUT2D eigenvalue weighted by molar-refractivity contribution is -0.141. The Kier molecular flexibility index (Phi) is 9.00. The number of nitrogens with one attached hydrogen (secondary N) is 3. The molecule has 0 aromatic heterocycles. The summed E-state index contributed by atoms with van der Waals surface area (Å²) in [6.07, 6.45) is 0.490. The van der Waals surface area contributed by atoms with Crippen molar-refractivity contribution in [2.75, 3.05) is 24.3 Å². The molecule has 10 heteroatoms. The third kappa shape index (κ3) is 6.72. The summed E-state index contributed by atoms with van der Waals surface area (Å²) < 4.78 is 4.78. The van der Waals surface area contributed by atoms with Gasteiger partial charge in [-0.25, -0.2) is 0 Å². The van der Waals surface area contributed by atoms with E-state index in [0.717, 1.165) is 0 Å². The number of fused-ring (bicyclic) bond motifs is 1. The standard InChI is InChI=1S/C27H32N4O6/c1-5-16(2)25-26(35)30-21-12-11-19(28-17(3)32)13-20(21)27(36)31(25)15-23(33)29-22(14-24(34)37-4)18-9-7-6-8-10-18/h6-13,16,22,25H,5,14-15H2,1-4H3,(H,28,32)(H,29,33)(H,30,35)/t16-,22?,25?/m0/s1. The average Bonchev–Trinajstić information content (AvgIpc) is 2.97. The van der Waals surface area contributed by atoms with Crippen LogP contribution in [-0.2, 0) is 23.9 Å². The van der Waals surface area contributed by atoms with Gasteiger partial charge in [-0.3, -0.25) is 24.0 Å². The summed E-state index contributed by atoms with van der Waals surface area (Å²) in [5, 5.41) is 8.24. The zero-order valence-electron chi connectivity index (χ0n) is 21.4. The number of amides is 4. The van der Waals surface area contributed by atoms with Crippen LogP contribution >= 0.6 is 0 Å². The summed E-state index contributed by atoms with van der Waals surface area (Å²) in [5.74, 6) is -2.52. The number of carbonyl (C=O) groups is 5. The van der Waals surface area contributed by atoms with Crippen molar-refractivity contribution in [3.8, 4) is 0 Å². The summed E-state index contributed by atoms with van der Waals surface area (Å²) in [6.45, 7) is 4.68. The minimum atomic E-state index is -0.907. The molecule has 1 aliphatic rings. The van der Waals surface area contributed by atoms with Gasteiger partial charge in [0.15, 0.2) is 0 Å². The minimum Gasteiger partial charge on any atom is -0.469 e. The maximum absolute atomic E-state index is 13.7. The molecule has 0 bridgehead atoms. The number of carbonyl (C=O) groups excluding carboxylic acids is 5. The van der Waals surface area contributed by atoms with Gasteiger partial charge in [-0.05, 0) is 29.7 Å². The molecule has 3 atom stereocenters. The fourth-order valence-corrected chi connectivity index (χ4v) is 4.28. The number of hydrogen-bond acceptors (Lipinski definition) is 6. The molecule has 0 radical (unpaired) electrons. The van der Waals surface area contributed by atoms with Gasteiger partial charge in [-0.2, -0.15) is 0 Å². The minimum absolute atomic E-state index is 0.0988. The summed E-state index contributed by atoms with van der Waals surface area (Å²) in [4.78, 5) is 65.0. The van der Waals surface area contributed by atoms with E-state index in [0.29, 0.717) is 23.4 Å². The molecule has 0 spiro atoms. The molecule has 1 heterocycles. The molecule has 1 aliphatic heterocycles. The number of hydrogen-bond donors (Lipinski definition) is 3. The summed E-state index contributed by atoms with van der Waals surface area (Å²) >= 11 is 0. The monoisotopic (exact) mass is 508 g/mol. The van der Waals surface area contributed by atoms with E-state index in [1.165, 1.54) is 25.0 Å². The highest BCUT2D eigenvalue weighted by molar-refractivity contribution is 6.11. The predicted octanol–water partition coefficient (Wildman–Crippen LogP) is 2.87. The van der Waals surface area contributed by atoms with E-state index < -0.39 is 42.3 Å². The fraction of sp³-hybridized carbons (Fsp3) is 0.370. The first-order chi connectivity index (χ1) is 17.6. The van der Waals surface area contributed by atoms with Gasteiger partial charge < -0.3 is 25.6 Å². The molecule has 3 rings (SSSR count). The first-order valence-electron chi connectivity index (χ1n) is 12.1. The molecule has 2 aromatic carbocycles. The highest BCUT2D eigenvalue weighted by Crippen LogP contribution is 2.29. The Morgan fingerprint density at radius 2 is 1.81 bits per heavy atom. The van der Waals surface area contributed by atoms with E-state index in [4.69, 9.17) is 4.74 Å². The van der Waals surface area contributed by atoms with Crippen LogP contribution in [-0.4, -0.2) is 54.2 Å². The SMILES string of the molecule is CC[C@H](C)C1C(=O)Nc2ccc(NC(C)=O)cc2C(=O)N1CC(=O)NC(CC(=O)OC)c1ccccc1. The van der Waals surface area contributed by atoms with E-state index in [1.807, 2.05) is 19.9 Å². The van der Waals surface area contributed by atoms with Gasteiger partial charge in [-0.1, -0.05) is 50.6 Å². The molecule has 10 nitrogen and oxygen atoms in total. The Balaban J connectivity index is 1.93. The molecule has 0 aliphatic carbocycles. The first-order valence-corrected chi connectivity index (χ1v) is 12.1. The van der Waals surface area contributed by atoms with E-state index >= 15 is 0 Å². The van der Waals surface area contributed by atoms with Gasteiger partial charge in [0.25, 0.3) is 5.91 Å². The van der Waals surface area contributed by atoms with Crippen LogP contribution in [0.15, 0.2) is 48.5 Å². The lowest BCUT2D eigenvalue weighted by Gasteiger charge is -2.32. The molecule has 2 unspecified atom stereocenters. The largest absolute Gasteiger partial charge is 0.469 e. The lowest BCUT2D eigenvalue weighted by Crippen LogP contribution is -2.52. The quantitative estimate of drug-likeness (QED) is 0.446. The van der Waals surface area contributed by atoms with Crippen LogP contribution in [0, 0.1) is 5.92 Å². The Bertz CT molecular complexity index is 1180. The average molecular weight is 509 g/mol. The van der Waals surface area contributed by atoms with Gasteiger partial charge in [0.2, 0.25) is 17.7 Å². The number of ether oxygens (including phenoxy) is 1. The molecule has 0 fully saturated rings. The van der Waals surface area contributed by atoms with Gasteiger partial charge in [0.05, 0.1) is 30.8 Å². The van der Waals surface area contributed by atoms with Gasteiger partial charge in [0.1, 0.15) is 12.6 Å². The third-order valence-corrected chi connectivity index (χ3v) is 6.33. The number of methoxy groups -OCH3 is 1. The van der Waals surface area contributed by atoms with E-state index in [2.05, 4.69) is 16.0 Å². The van der Waals surface area contributed by atoms with Crippen LogP contribution in [0.4, 0.5) is 11.4 Å². The molecular formula is C27H32N4O6. The zero-order chi connectivity index (χ0) is 27.1. The van der Waals surface area contributed by atoms with Crippen molar-refractivity contribution in [3.05, 3.63) is 59.7 Å². The number of rotatable bonds is 9. The smallest absolute Gasteiger partial charge is 0.307 e. The maximum atomic E-state index is 13.7. The number of esters is 1. The molecule has 0 saturated heterocycles. The van der Waals surface area contributed by atoms with Crippen molar-refractivity contribution >= 4 is 41.0 Å². The molecule has 4 amide bonds. The third-order valence-electron chi connectivity index (χ3n) is 6.33. The van der Waals surface area contributed by atoms with Crippen molar-refractivity contribution < 1.29 is 28.7 Å². The number of anilines is 2. The van der Waals surface area contributed by atoms with Crippen molar-refractivity contribution in [2.45, 2.75) is 45.7 Å². The Hall–Kier alpha value is -4.21. The Morgan fingerprint density at radius 3 is 2.43 bits per heavy atom. The highest BCUT2D eigenvalue weighted by Gasteiger charge is 2.39. The van der Waals surface area contributed by atoms with Crippen LogP contribution in [0.2, 0.25) is 0 Å². The van der Waals surface area contributed by atoms with Crippen LogP contribution < -0.4 is 16.0 Å². The molecule has 2 aromatic rings. The normalized spacial score (nSPS) is 16.5. The van der Waals surface area contributed by atoms with E-state index in [-0.39, 0.29) is 23.8 Å². The highest BCUT2D eigenvalue weighted by atomic mass is 16.5.